The van der Waals surface area contributed by atoms with Crippen molar-refractivity contribution < 1.29 is 15.0 Å². The SMILES string of the molecule is CC(O)CNC1(C(=O)O)CCC(C)CC1. The number of β-amino-alcohol motifs (C(OH)–C–C–N with tert-alkyl or cyclic N) is 1. The van der Waals surface area contributed by atoms with Crippen molar-refractivity contribution in [2.24, 2.45) is 5.92 Å². The van der Waals surface area contributed by atoms with Gasteiger partial charge in [-0.3, -0.25) is 10.1 Å². The Hall–Kier alpha value is -0.610. The van der Waals surface area contributed by atoms with E-state index in [1.165, 1.54) is 0 Å². The van der Waals surface area contributed by atoms with Crippen molar-refractivity contribution in [1.29, 1.82) is 0 Å². The van der Waals surface area contributed by atoms with Gasteiger partial charge in [0.25, 0.3) is 0 Å². The second kappa shape index (κ2) is 4.94. The number of nitrogens with one attached hydrogen (secondary N) is 1. The smallest absolute Gasteiger partial charge is 0.323 e. The predicted octanol–water partition coefficient (Wildman–Crippen LogP) is 0.990. The fourth-order valence-corrected chi connectivity index (χ4v) is 2.06. The van der Waals surface area contributed by atoms with Crippen LogP contribution in [0.5, 0.6) is 0 Å². The van der Waals surface area contributed by atoms with Crippen LogP contribution in [0.15, 0.2) is 0 Å². The fourth-order valence-electron chi connectivity index (χ4n) is 2.06. The van der Waals surface area contributed by atoms with Crippen molar-refractivity contribution in [3.63, 3.8) is 0 Å². The van der Waals surface area contributed by atoms with Gasteiger partial charge in [-0.05, 0) is 38.5 Å². The van der Waals surface area contributed by atoms with Gasteiger partial charge in [-0.25, -0.2) is 0 Å². The zero-order valence-electron chi connectivity index (χ0n) is 9.49. The number of aliphatic hydroxyl groups excluding tert-OH is 1. The first-order chi connectivity index (χ1) is 6.96. The fraction of sp³-hybridized carbons (Fsp3) is 0.909. The Morgan fingerprint density at radius 3 is 2.47 bits per heavy atom. The maximum Gasteiger partial charge on any atom is 0.323 e. The first kappa shape index (κ1) is 12.5. The van der Waals surface area contributed by atoms with Gasteiger partial charge in [-0.15, -0.1) is 0 Å². The third-order valence-electron chi connectivity index (χ3n) is 3.27. The molecule has 0 bridgehead atoms. The van der Waals surface area contributed by atoms with E-state index in [2.05, 4.69) is 12.2 Å². The molecule has 1 fully saturated rings. The van der Waals surface area contributed by atoms with Gasteiger partial charge in [0.15, 0.2) is 0 Å². The molecule has 1 atom stereocenters. The number of carboxylic acid groups (broad SMARTS) is 1. The standard InChI is InChI=1S/C11H21NO3/c1-8-3-5-11(6-4-8,10(14)15)12-7-9(2)13/h8-9,12-13H,3-7H2,1-2H3,(H,14,15). The first-order valence-electron chi connectivity index (χ1n) is 5.63. The van der Waals surface area contributed by atoms with Crippen molar-refractivity contribution in [2.75, 3.05) is 6.54 Å². The summed E-state index contributed by atoms with van der Waals surface area (Å²) in [7, 11) is 0. The molecule has 88 valence electrons. The Kier molecular flexibility index (Phi) is 4.11. The molecule has 0 heterocycles. The van der Waals surface area contributed by atoms with E-state index >= 15 is 0 Å². The lowest BCUT2D eigenvalue weighted by molar-refractivity contribution is -0.147. The van der Waals surface area contributed by atoms with Crippen LogP contribution in [0, 0.1) is 5.92 Å². The molecular formula is C11H21NO3. The molecule has 0 spiro atoms. The number of rotatable bonds is 4. The van der Waals surface area contributed by atoms with Crippen LogP contribution >= 0.6 is 0 Å². The zero-order chi connectivity index (χ0) is 11.5. The molecule has 3 N–H and O–H groups in total. The number of aliphatic carboxylic acids is 1. The molecule has 0 aromatic rings. The highest BCUT2D eigenvalue weighted by atomic mass is 16.4. The molecule has 1 rings (SSSR count). The summed E-state index contributed by atoms with van der Waals surface area (Å²) in [6, 6.07) is 0. The maximum atomic E-state index is 11.3. The van der Waals surface area contributed by atoms with E-state index in [0.29, 0.717) is 25.3 Å². The molecule has 4 nitrogen and oxygen atoms in total. The van der Waals surface area contributed by atoms with Crippen LogP contribution in [-0.4, -0.2) is 34.4 Å². The van der Waals surface area contributed by atoms with Crippen molar-refractivity contribution >= 4 is 5.97 Å². The Balaban J connectivity index is 2.59. The molecule has 0 amide bonds. The molecular weight excluding hydrogens is 194 g/mol. The van der Waals surface area contributed by atoms with E-state index in [-0.39, 0.29) is 0 Å². The Morgan fingerprint density at radius 2 is 2.07 bits per heavy atom. The lowest BCUT2D eigenvalue weighted by Crippen LogP contribution is -2.55. The van der Waals surface area contributed by atoms with E-state index in [1.807, 2.05) is 0 Å². The quantitative estimate of drug-likeness (QED) is 0.654. The van der Waals surface area contributed by atoms with E-state index in [4.69, 9.17) is 0 Å². The Labute approximate surface area is 90.7 Å². The molecule has 1 saturated carbocycles. The van der Waals surface area contributed by atoms with Gasteiger partial charge < -0.3 is 10.2 Å². The molecule has 1 aliphatic rings. The van der Waals surface area contributed by atoms with Gasteiger partial charge in [0.1, 0.15) is 5.54 Å². The normalized spacial score (nSPS) is 33.7. The highest BCUT2D eigenvalue weighted by molar-refractivity contribution is 5.78. The second-order valence-electron chi connectivity index (χ2n) is 4.80. The van der Waals surface area contributed by atoms with Crippen LogP contribution in [0.1, 0.15) is 39.5 Å². The van der Waals surface area contributed by atoms with Gasteiger partial charge in [-0.2, -0.15) is 0 Å². The zero-order valence-corrected chi connectivity index (χ0v) is 9.49. The summed E-state index contributed by atoms with van der Waals surface area (Å²) in [4.78, 5) is 11.3. The summed E-state index contributed by atoms with van der Waals surface area (Å²) in [6.45, 7) is 4.16. The Morgan fingerprint density at radius 1 is 1.53 bits per heavy atom. The molecule has 15 heavy (non-hydrogen) atoms. The van der Waals surface area contributed by atoms with E-state index in [1.54, 1.807) is 6.92 Å². The van der Waals surface area contributed by atoms with Crippen LogP contribution in [0.2, 0.25) is 0 Å². The van der Waals surface area contributed by atoms with Gasteiger partial charge in [0, 0.05) is 6.54 Å². The lowest BCUT2D eigenvalue weighted by atomic mass is 9.77. The maximum absolute atomic E-state index is 11.3. The largest absolute Gasteiger partial charge is 0.480 e. The van der Waals surface area contributed by atoms with Crippen LogP contribution < -0.4 is 5.32 Å². The van der Waals surface area contributed by atoms with Crippen molar-refractivity contribution in [1.82, 2.24) is 5.32 Å². The van der Waals surface area contributed by atoms with Gasteiger partial charge in [0.05, 0.1) is 6.10 Å². The van der Waals surface area contributed by atoms with Crippen LogP contribution in [0.25, 0.3) is 0 Å². The molecule has 0 aromatic carbocycles. The van der Waals surface area contributed by atoms with E-state index < -0.39 is 17.6 Å². The van der Waals surface area contributed by atoms with Gasteiger partial charge >= 0.3 is 5.97 Å². The first-order valence-corrected chi connectivity index (χ1v) is 5.63. The third kappa shape index (κ3) is 3.18. The molecule has 0 aromatic heterocycles. The predicted molar refractivity (Wildman–Crippen MR) is 57.7 cm³/mol. The van der Waals surface area contributed by atoms with Crippen molar-refractivity contribution in [3.05, 3.63) is 0 Å². The summed E-state index contributed by atoms with van der Waals surface area (Å²) < 4.78 is 0. The van der Waals surface area contributed by atoms with Crippen molar-refractivity contribution in [3.8, 4) is 0 Å². The van der Waals surface area contributed by atoms with E-state index in [0.717, 1.165) is 12.8 Å². The Bertz CT molecular complexity index is 220. The summed E-state index contributed by atoms with van der Waals surface area (Å²) in [6.07, 6.45) is 2.71. The van der Waals surface area contributed by atoms with Crippen LogP contribution in [0.4, 0.5) is 0 Å². The number of carbonyl (C=O) groups is 1. The highest BCUT2D eigenvalue weighted by Crippen LogP contribution is 2.32. The second-order valence-corrected chi connectivity index (χ2v) is 4.80. The van der Waals surface area contributed by atoms with Crippen LogP contribution in [-0.2, 0) is 4.79 Å². The number of hydrogen-bond donors (Lipinski definition) is 3. The summed E-state index contributed by atoms with van der Waals surface area (Å²) in [5.74, 6) is -0.166. The molecule has 1 aliphatic carbocycles. The number of hydrogen-bond acceptors (Lipinski definition) is 3. The number of aliphatic hydroxyl groups is 1. The molecule has 0 saturated heterocycles. The highest BCUT2D eigenvalue weighted by Gasteiger charge is 2.40. The number of carboxylic acids is 1. The molecule has 4 heteroatoms. The molecule has 0 aliphatic heterocycles. The minimum absolute atomic E-state index is 0.348. The average molecular weight is 215 g/mol. The van der Waals surface area contributed by atoms with Crippen LogP contribution in [0.3, 0.4) is 0 Å². The molecule has 0 radical (unpaired) electrons. The molecule has 1 unspecified atom stereocenters. The minimum Gasteiger partial charge on any atom is -0.480 e. The third-order valence-corrected chi connectivity index (χ3v) is 3.27. The minimum atomic E-state index is -0.802. The van der Waals surface area contributed by atoms with Gasteiger partial charge in [-0.1, -0.05) is 6.92 Å². The lowest BCUT2D eigenvalue weighted by Gasteiger charge is -2.37. The summed E-state index contributed by atoms with van der Waals surface area (Å²) in [5, 5.41) is 21.4. The average Bonchev–Trinajstić information content (AvgIpc) is 2.17. The topological polar surface area (TPSA) is 69.6 Å². The summed E-state index contributed by atoms with van der Waals surface area (Å²) in [5.41, 5.74) is -0.802. The van der Waals surface area contributed by atoms with E-state index in [9.17, 15) is 15.0 Å². The van der Waals surface area contributed by atoms with Gasteiger partial charge in [0.2, 0.25) is 0 Å². The van der Waals surface area contributed by atoms with Crippen molar-refractivity contribution in [2.45, 2.75) is 51.2 Å². The summed E-state index contributed by atoms with van der Waals surface area (Å²) >= 11 is 0. The monoisotopic (exact) mass is 215 g/mol.